The van der Waals surface area contributed by atoms with Crippen molar-refractivity contribution in [3.8, 4) is 0 Å². The highest BCUT2D eigenvalue weighted by Crippen LogP contribution is 2.40. The highest BCUT2D eigenvalue weighted by molar-refractivity contribution is 7.17. The Balaban J connectivity index is 1.67. The lowest BCUT2D eigenvalue weighted by atomic mass is 9.88. The number of thiophene rings is 1. The molecule has 2 atom stereocenters. The zero-order chi connectivity index (χ0) is 22.4. The van der Waals surface area contributed by atoms with Gasteiger partial charge in [-0.15, -0.1) is 11.3 Å². The molecule has 162 valence electrons. The molecule has 0 radical (unpaired) electrons. The van der Waals surface area contributed by atoms with Gasteiger partial charge in [-0.25, -0.2) is 0 Å². The van der Waals surface area contributed by atoms with Gasteiger partial charge in [0.2, 0.25) is 5.91 Å². The molecule has 2 heterocycles. The second kappa shape index (κ2) is 7.92. The number of anilines is 1. The maximum Gasteiger partial charge on any atom is 0.262 e. The van der Waals surface area contributed by atoms with Crippen molar-refractivity contribution in [2.24, 2.45) is 17.6 Å². The molecule has 0 saturated carbocycles. The van der Waals surface area contributed by atoms with Crippen LogP contribution in [0.15, 0.2) is 24.3 Å². The van der Waals surface area contributed by atoms with Gasteiger partial charge in [0, 0.05) is 4.88 Å². The van der Waals surface area contributed by atoms with Crippen LogP contribution in [0.25, 0.3) is 0 Å². The third-order valence-corrected chi connectivity index (χ3v) is 7.17. The van der Waals surface area contributed by atoms with E-state index in [1.165, 1.54) is 11.3 Å². The normalized spacial score (nSPS) is 18.7. The number of fused-ring (bicyclic) bond motifs is 2. The van der Waals surface area contributed by atoms with Crippen LogP contribution in [0.1, 0.15) is 68.7 Å². The third-order valence-electron chi connectivity index (χ3n) is 6.00. The molecule has 3 N–H and O–H groups in total. The number of primary amides is 1. The Morgan fingerprint density at radius 3 is 2.32 bits per heavy atom. The van der Waals surface area contributed by atoms with Gasteiger partial charge in [0.15, 0.2) is 0 Å². The van der Waals surface area contributed by atoms with Crippen LogP contribution in [0.5, 0.6) is 0 Å². The molecule has 4 amide bonds. The topological polar surface area (TPSA) is 110 Å². The van der Waals surface area contributed by atoms with Gasteiger partial charge in [-0.1, -0.05) is 32.9 Å². The van der Waals surface area contributed by atoms with E-state index in [0.717, 1.165) is 34.6 Å². The Kier molecular flexibility index (Phi) is 5.43. The number of hydrogen-bond acceptors (Lipinski definition) is 5. The predicted molar refractivity (Wildman–Crippen MR) is 118 cm³/mol. The monoisotopic (exact) mass is 439 g/mol. The molecule has 1 aromatic heterocycles. The van der Waals surface area contributed by atoms with Crippen LogP contribution < -0.4 is 11.1 Å². The van der Waals surface area contributed by atoms with Crippen molar-refractivity contribution >= 4 is 40.0 Å². The molecule has 0 spiro atoms. The quantitative estimate of drug-likeness (QED) is 0.697. The second-order valence-corrected chi connectivity index (χ2v) is 9.73. The van der Waals surface area contributed by atoms with Crippen molar-refractivity contribution in [3.05, 3.63) is 51.4 Å². The molecule has 0 fully saturated rings. The Hall–Kier alpha value is -3.00. The van der Waals surface area contributed by atoms with E-state index in [9.17, 15) is 19.2 Å². The molecule has 0 bridgehead atoms. The van der Waals surface area contributed by atoms with Crippen molar-refractivity contribution in [3.63, 3.8) is 0 Å². The summed E-state index contributed by atoms with van der Waals surface area (Å²) in [6.45, 7) is 5.72. The number of imide groups is 1. The number of hydrogen-bond donors (Lipinski definition) is 2. The average molecular weight is 440 g/mol. The van der Waals surface area contributed by atoms with Crippen LogP contribution in [0.2, 0.25) is 0 Å². The van der Waals surface area contributed by atoms with E-state index in [0.29, 0.717) is 27.6 Å². The fraction of sp³-hybridized carbons (Fsp3) is 0.391. The molecule has 8 heteroatoms. The van der Waals surface area contributed by atoms with Crippen molar-refractivity contribution in [1.82, 2.24) is 4.90 Å². The zero-order valence-corrected chi connectivity index (χ0v) is 18.5. The summed E-state index contributed by atoms with van der Waals surface area (Å²) in [5.41, 5.74) is 7.50. The molecule has 31 heavy (non-hydrogen) atoms. The SMILES string of the molecule is CC(C)[C@H](C(=O)Nc1sc2c(c1C(N)=O)CC[C@@H](C)C2)N1C(=O)c2ccccc2C1=O. The molecule has 0 saturated heterocycles. The molecule has 1 aliphatic carbocycles. The molecule has 1 aromatic carbocycles. The first-order valence-electron chi connectivity index (χ1n) is 10.4. The zero-order valence-electron chi connectivity index (χ0n) is 17.7. The van der Waals surface area contributed by atoms with Crippen LogP contribution in [0.3, 0.4) is 0 Å². The van der Waals surface area contributed by atoms with Gasteiger partial charge in [-0.3, -0.25) is 24.1 Å². The molecule has 1 aliphatic heterocycles. The summed E-state index contributed by atoms with van der Waals surface area (Å²) >= 11 is 1.36. The Morgan fingerprint density at radius 1 is 1.16 bits per heavy atom. The Labute approximate surface area is 184 Å². The van der Waals surface area contributed by atoms with Gasteiger partial charge >= 0.3 is 0 Å². The second-order valence-electron chi connectivity index (χ2n) is 8.62. The van der Waals surface area contributed by atoms with Gasteiger partial charge in [0.25, 0.3) is 17.7 Å². The molecular formula is C23H25N3O4S. The van der Waals surface area contributed by atoms with Crippen LogP contribution in [0.4, 0.5) is 5.00 Å². The maximum atomic E-state index is 13.3. The van der Waals surface area contributed by atoms with E-state index in [-0.39, 0.29) is 5.92 Å². The maximum absolute atomic E-state index is 13.3. The lowest BCUT2D eigenvalue weighted by molar-refractivity contribution is -0.121. The average Bonchev–Trinajstić information content (AvgIpc) is 3.18. The first-order valence-corrected chi connectivity index (χ1v) is 11.2. The van der Waals surface area contributed by atoms with E-state index >= 15 is 0 Å². The Bertz CT molecular complexity index is 1070. The van der Waals surface area contributed by atoms with Crippen LogP contribution in [-0.2, 0) is 17.6 Å². The van der Waals surface area contributed by atoms with E-state index < -0.39 is 29.7 Å². The van der Waals surface area contributed by atoms with Gasteiger partial charge in [-0.05, 0) is 48.8 Å². The van der Waals surface area contributed by atoms with Gasteiger partial charge < -0.3 is 11.1 Å². The fourth-order valence-electron chi connectivity index (χ4n) is 4.46. The minimum Gasteiger partial charge on any atom is -0.365 e. The molecule has 2 aliphatic rings. The van der Waals surface area contributed by atoms with Crippen LogP contribution >= 0.6 is 11.3 Å². The first kappa shape index (κ1) is 21.2. The highest BCUT2D eigenvalue weighted by Gasteiger charge is 2.44. The summed E-state index contributed by atoms with van der Waals surface area (Å²) in [4.78, 5) is 53.5. The standard InChI is InChI=1S/C23H25N3O4S/c1-11(2)18(26-22(29)13-6-4-5-7-14(13)23(26)30)20(28)25-21-17(19(24)27)15-9-8-12(3)10-16(15)31-21/h4-7,11-12,18H,8-10H2,1-3H3,(H2,24,27)(H,25,28)/t12-,18-/m1/s1. The number of amides is 4. The summed E-state index contributed by atoms with van der Waals surface area (Å²) in [7, 11) is 0. The highest BCUT2D eigenvalue weighted by atomic mass is 32.1. The summed E-state index contributed by atoms with van der Waals surface area (Å²) in [6.07, 6.45) is 2.54. The molecular weight excluding hydrogens is 414 g/mol. The lowest BCUT2D eigenvalue weighted by Gasteiger charge is -2.28. The summed E-state index contributed by atoms with van der Waals surface area (Å²) in [5.74, 6) is -1.87. The predicted octanol–water partition coefficient (Wildman–Crippen LogP) is 3.23. The van der Waals surface area contributed by atoms with Crippen molar-refractivity contribution < 1.29 is 19.2 Å². The lowest BCUT2D eigenvalue weighted by Crippen LogP contribution is -2.50. The number of carbonyl (C=O) groups excluding carboxylic acids is 4. The smallest absolute Gasteiger partial charge is 0.262 e. The first-order chi connectivity index (χ1) is 14.7. The van der Waals surface area contributed by atoms with Gasteiger partial charge in [0.05, 0.1) is 16.7 Å². The van der Waals surface area contributed by atoms with Gasteiger partial charge in [0.1, 0.15) is 11.0 Å². The number of nitrogens with one attached hydrogen (secondary N) is 1. The van der Waals surface area contributed by atoms with Crippen molar-refractivity contribution in [2.45, 2.75) is 46.1 Å². The van der Waals surface area contributed by atoms with Crippen LogP contribution in [-0.4, -0.2) is 34.6 Å². The van der Waals surface area contributed by atoms with Gasteiger partial charge in [-0.2, -0.15) is 0 Å². The third kappa shape index (κ3) is 3.54. The van der Waals surface area contributed by atoms with Crippen molar-refractivity contribution in [1.29, 1.82) is 0 Å². The number of carbonyl (C=O) groups is 4. The van der Waals surface area contributed by atoms with E-state index in [1.54, 1.807) is 38.1 Å². The summed E-state index contributed by atoms with van der Waals surface area (Å²) < 4.78 is 0. The molecule has 2 aromatic rings. The fourth-order valence-corrected chi connectivity index (χ4v) is 5.88. The minimum atomic E-state index is -1.01. The summed E-state index contributed by atoms with van der Waals surface area (Å²) in [6, 6.07) is 5.55. The number of nitrogens with zero attached hydrogens (tertiary/aromatic N) is 1. The minimum absolute atomic E-state index is 0.296. The van der Waals surface area contributed by atoms with Crippen molar-refractivity contribution in [2.75, 3.05) is 5.32 Å². The van der Waals surface area contributed by atoms with E-state index in [2.05, 4.69) is 12.2 Å². The molecule has 0 unspecified atom stereocenters. The summed E-state index contributed by atoms with van der Waals surface area (Å²) in [5, 5.41) is 3.22. The van der Waals surface area contributed by atoms with E-state index in [4.69, 9.17) is 5.73 Å². The molecule has 7 nitrogen and oxygen atoms in total. The van der Waals surface area contributed by atoms with E-state index in [1.807, 2.05) is 0 Å². The van der Waals surface area contributed by atoms with Crippen LogP contribution in [0, 0.1) is 11.8 Å². The largest absolute Gasteiger partial charge is 0.365 e. The number of benzene rings is 1. The Morgan fingerprint density at radius 2 is 1.77 bits per heavy atom. The molecule has 4 rings (SSSR count). The number of nitrogens with two attached hydrogens (primary N) is 1. The number of rotatable bonds is 5.